The highest BCUT2D eigenvalue weighted by molar-refractivity contribution is 7.86. The van der Waals surface area contributed by atoms with Crippen LogP contribution in [0, 0.1) is 18.8 Å². The molecule has 0 aliphatic heterocycles. The van der Waals surface area contributed by atoms with Crippen LogP contribution in [0.25, 0.3) is 0 Å². The maximum Gasteiger partial charge on any atom is 0.297 e. The Morgan fingerprint density at radius 1 is 0.966 bits per heavy atom. The summed E-state index contributed by atoms with van der Waals surface area (Å²) in [5.41, 5.74) is 1.58. The van der Waals surface area contributed by atoms with E-state index >= 15 is 0 Å². The molecule has 6 nitrogen and oxygen atoms in total. The largest absolute Gasteiger partial charge is 0.481 e. The normalized spacial score (nSPS) is 11.2. The van der Waals surface area contributed by atoms with Gasteiger partial charge < -0.3 is 14.2 Å². The summed E-state index contributed by atoms with van der Waals surface area (Å²) >= 11 is 0. The van der Waals surface area contributed by atoms with Crippen LogP contribution < -0.4 is 4.74 Å². The van der Waals surface area contributed by atoms with Crippen LogP contribution in [0.2, 0.25) is 0 Å². The van der Waals surface area contributed by atoms with Gasteiger partial charge >= 0.3 is 0 Å². The Balaban J connectivity index is 1.99. The zero-order valence-electron chi connectivity index (χ0n) is 16.9. The molecule has 0 unspecified atom stereocenters. The van der Waals surface area contributed by atoms with E-state index in [0.29, 0.717) is 24.5 Å². The molecule has 0 N–H and O–H groups in total. The molecule has 0 amide bonds. The molecular weight excluding hydrogens is 392 g/mol. The van der Waals surface area contributed by atoms with E-state index in [9.17, 15) is 8.42 Å². The van der Waals surface area contributed by atoms with Crippen molar-refractivity contribution in [3.8, 4) is 17.6 Å². The van der Waals surface area contributed by atoms with Crippen molar-refractivity contribution in [2.24, 2.45) is 0 Å². The quantitative estimate of drug-likeness (QED) is 0.333. The molecule has 0 aliphatic rings. The maximum atomic E-state index is 12.4. The average molecular weight is 419 g/mol. The molecule has 0 saturated heterocycles. The van der Waals surface area contributed by atoms with Gasteiger partial charge in [0.1, 0.15) is 12.4 Å². The fraction of sp³-hybridized carbons (Fsp3) is 0.364. The fourth-order valence-corrected chi connectivity index (χ4v) is 3.24. The van der Waals surface area contributed by atoms with Crippen molar-refractivity contribution in [1.29, 1.82) is 0 Å². The summed E-state index contributed by atoms with van der Waals surface area (Å²) in [6, 6.07) is 13.6. The van der Waals surface area contributed by atoms with Crippen molar-refractivity contribution in [2.45, 2.75) is 38.6 Å². The van der Waals surface area contributed by atoms with Gasteiger partial charge in [0.2, 0.25) is 6.29 Å². The van der Waals surface area contributed by atoms with Gasteiger partial charge in [0.25, 0.3) is 10.1 Å². The first-order valence-corrected chi connectivity index (χ1v) is 10.8. The van der Waals surface area contributed by atoms with Gasteiger partial charge in [-0.2, -0.15) is 8.42 Å². The zero-order valence-corrected chi connectivity index (χ0v) is 17.7. The van der Waals surface area contributed by atoms with Gasteiger partial charge in [0.05, 0.1) is 11.5 Å². The summed E-state index contributed by atoms with van der Waals surface area (Å²) in [5.74, 6) is 6.20. The van der Waals surface area contributed by atoms with Gasteiger partial charge in [0, 0.05) is 18.8 Å². The fourth-order valence-electron chi connectivity index (χ4n) is 2.35. The summed E-state index contributed by atoms with van der Waals surface area (Å²) in [6.07, 6.45) is -0.591. The molecule has 2 aromatic rings. The van der Waals surface area contributed by atoms with E-state index in [1.807, 2.05) is 20.8 Å². The molecule has 0 aliphatic carbocycles. The van der Waals surface area contributed by atoms with E-state index in [-0.39, 0.29) is 18.1 Å². The molecule has 29 heavy (non-hydrogen) atoms. The SMILES string of the molecule is CCOC(C#CCOc1ccccc1COS(=O)(=O)c1ccc(C)cc1)OCC. The summed E-state index contributed by atoms with van der Waals surface area (Å²) in [5, 5.41) is 0. The first-order valence-electron chi connectivity index (χ1n) is 9.34. The Labute approximate surface area is 172 Å². The number of hydrogen-bond donors (Lipinski definition) is 0. The molecule has 0 atom stereocenters. The molecule has 7 heteroatoms. The van der Waals surface area contributed by atoms with Crippen molar-refractivity contribution < 1.29 is 26.8 Å². The Hall–Kier alpha value is -2.37. The second kappa shape index (κ2) is 11.6. The molecule has 0 aromatic heterocycles. The number of para-hydroxylation sites is 1. The lowest BCUT2D eigenvalue weighted by atomic mass is 10.2. The Kier molecular flexibility index (Phi) is 9.16. The van der Waals surface area contributed by atoms with Crippen molar-refractivity contribution in [3.05, 3.63) is 59.7 Å². The van der Waals surface area contributed by atoms with Gasteiger partial charge in [-0.1, -0.05) is 41.8 Å². The molecule has 0 fully saturated rings. The molecule has 2 rings (SSSR count). The molecule has 0 radical (unpaired) electrons. The van der Waals surface area contributed by atoms with Crippen molar-refractivity contribution in [3.63, 3.8) is 0 Å². The second-order valence-corrected chi connectivity index (χ2v) is 7.60. The van der Waals surface area contributed by atoms with Crippen LogP contribution in [0.4, 0.5) is 0 Å². The van der Waals surface area contributed by atoms with E-state index in [2.05, 4.69) is 11.8 Å². The van der Waals surface area contributed by atoms with Crippen LogP contribution in [0.3, 0.4) is 0 Å². The molecule has 0 spiro atoms. The van der Waals surface area contributed by atoms with Gasteiger partial charge in [0.15, 0.2) is 0 Å². The zero-order chi connectivity index (χ0) is 21.1. The summed E-state index contributed by atoms with van der Waals surface area (Å²) in [7, 11) is -3.86. The number of benzene rings is 2. The minimum Gasteiger partial charge on any atom is -0.481 e. The number of hydrogen-bond acceptors (Lipinski definition) is 6. The van der Waals surface area contributed by atoms with E-state index in [1.54, 1.807) is 36.4 Å². The van der Waals surface area contributed by atoms with Gasteiger partial charge in [-0.25, -0.2) is 0 Å². The predicted molar refractivity (Wildman–Crippen MR) is 110 cm³/mol. The Morgan fingerprint density at radius 3 is 2.28 bits per heavy atom. The maximum absolute atomic E-state index is 12.4. The van der Waals surface area contributed by atoms with E-state index in [0.717, 1.165) is 5.56 Å². The van der Waals surface area contributed by atoms with Crippen molar-refractivity contribution in [1.82, 2.24) is 0 Å². The lowest BCUT2D eigenvalue weighted by Gasteiger charge is -2.11. The summed E-state index contributed by atoms with van der Waals surface area (Å²) < 4.78 is 46.3. The minimum atomic E-state index is -3.86. The van der Waals surface area contributed by atoms with Gasteiger partial charge in [-0.15, -0.1) is 0 Å². The third-order valence-corrected chi connectivity index (χ3v) is 5.09. The standard InChI is InChI=1S/C22H26O6S/c1-4-25-22(26-5-2)11-8-16-27-21-10-7-6-9-19(21)17-28-29(23,24)20-14-12-18(3)13-15-20/h6-7,9-10,12-15,22H,4-5,16-17H2,1-3H3. The van der Waals surface area contributed by atoms with Gasteiger partial charge in [-0.3, -0.25) is 4.18 Å². The van der Waals surface area contributed by atoms with E-state index in [1.165, 1.54) is 12.1 Å². The number of ether oxygens (including phenoxy) is 3. The van der Waals surface area contributed by atoms with Crippen LogP contribution in [0.15, 0.2) is 53.4 Å². The Bertz CT molecular complexity index is 920. The number of aryl methyl sites for hydroxylation is 1. The van der Waals surface area contributed by atoms with Crippen molar-refractivity contribution in [2.75, 3.05) is 19.8 Å². The molecular formula is C22H26O6S. The monoisotopic (exact) mass is 418 g/mol. The van der Waals surface area contributed by atoms with Crippen LogP contribution >= 0.6 is 0 Å². The molecule has 0 heterocycles. The smallest absolute Gasteiger partial charge is 0.297 e. The second-order valence-electron chi connectivity index (χ2n) is 5.99. The topological polar surface area (TPSA) is 71.1 Å². The predicted octanol–water partition coefficient (Wildman–Crippen LogP) is 3.68. The van der Waals surface area contributed by atoms with Crippen LogP contribution in [-0.2, 0) is 30.4 Å². The van der Waals surface area contributed by atoms with Gasteiger partial charge in [-0.05, 0) is 44.9 Å². The number of rotatable bonds is 10. The van der Waals surface area contributed by atoms with E-state index < -0.39 is 16.4 Å². The Morgan fingerprint density at radius 2 is 1.62 bits per heavy atom. The average Bonchev–Trinajstić information content (AvgIpc) is 2.71. The highest BCUT2D eigenvalue weighted by Crippen LogP contribution is 2.21. The molecule has 156 valence electrons. The summed E-state index contributed by atoms with van der Waals surface area (Å²) in [6.45, 7) is 6.58. The highest BCUT2D eigenvalue weighted by atomic mass is 32.2. The van der Waals surface area contributed by atoms with Crippen LogP contribution in [0.5, 0.6) is 5.75 Å². The van der Waals surface area contributed by atoms with Crippen LogP contribution in [-0.4, -0.2) is 34.5 Å². The third-order valence-electron chi connectivity index (χ3n) is 3.81. The van der Waals surface area contributed by atoms with Crippen LogP contribution in [0.1, 0.15) is 25.0 Å². The first-order chi connectivity index (χ1) is 14.0. The minimum absolute atomic E-state index is 0.109. The lowest BCUT2D eigenvalue weighted by Crippen LogP contribution is -2.15. The van der Waals surface area contributed by atoms with Crippen molar-refractivity contribution >= 4 is 10.1 Å². The molecule has 0 saturated carbocycles. The first kappa shape index (κ1) is 22.9. The highest BCUT2D eigenvalue weighted by Gasteiger charge is 2.16. The van der Waals surface area contributed by atoms with E-state index in [4.69, 9.17) is 18.4 Å². The molecule has 2 aromatic carbocycles. The summed E-state index contributed by atoms with van der Waals surface area (Å²) in [4.78, 5) is 0.116. The third kappa shape index (κ3) is 7.52. The lowest BCUT2D eigenvalue weighted by molar-refractivity contribution is -0.0970. The molecule has 0 bridgehead atoms.